The second-order valence-electron chi connectivity index (χ2n) is 3.42. The highest BCUT2D eigenvalue weighted by Gasteiger charge is 2.16. The smallest absolute Gasteiger partial charge is 0.311 e. The lowest BCUT2D eigenvalue weighted by Gasteiger charge is -2.07. The van der Waals surface area contributed by atoms with Gasteiger partial charge in [-0.15, -0.1) is 0 Å². The van der Waals surface area contributed by atoms with Crippen LogP contribution in [-0.4, -0.2) is 14.9 Å². The highest BCUT2D eigenvalue weighted by atomic mass is 35.5. The third-order valence-corrected chi connectivity index (χ3v) is 2.63. The molecule has 1 aromatic carbocycles. The van der Waals surface area contributed by atoms with E-state index in [9.17, 15) is 10.1 Å². The first kappa shape index (κ1) is 12.3. The van der Waals surface area contributed by atoms with E-state index in [1.54, 1.807) is 19.1 Å². The topological polar surface area (TPSA) is 78.2 Å². The lowest BCUT2D eigenvalue weighted by Crippen LogP contribution is -1.97. The molecular weight excluding hydrogens is 258 g/mol. The summed E-state index contributed by atoms with van der Waals surface area (Å²) in [6, 6.07) is 6.05. The summed E-state index contributed by atoms with van der Waals surface area (Å²) < 4.78 is 5.41. The van der Waals surface area contributed by atoms with Crippen LogP contribution in [0.3, 0.4) is 0 Å². The van der Waals surface area contributed by atoms with E-state index in [4.69, 9.17) is 16.3 Å². The maximum atomic E-state index is 10.8. The number of ether oxygens (including phenoxy) is 1. The van der Waals surface area contributed by atoms with Crippen molar-refractivity contribution in [2.24, 2.45) is 0 Å². The molecule has 0 bridgehead atoms. The largest absolute Gasteiger partial charge is 0.431 e. The Labute approximate surface area is 107 Å². The highest BCUT2D eigenvalue weighted by molar-refractivity contribution is 6.30. The van der Waals surface area contributed by atoms with Crippen LogP contribution in [0, 0.1) is 17.0 Å². The van der Waals surface area contributed by atoms with Gasteiger partial charge in [0.25, 0.3) is 0 Å². The van der Waals surface area contributed by atoms with Gasteiger partial charge in [0.1, 0.15) is 11.5 Å². The average Bonchev–Trinajstić information content (AvgIpc) is 2.35. The van der Waals surface area contributed by atoms with Crippen LogP contribution < -0.4 is 4.74 Å². The fourth-order valence-corrected chi connectivity index (χ4v) is 1.44. The zero-order valence-electron chi connectivity index (χ0n) is 9.33. The SMILES string of the molecule is Cc1c(Cl)ncnc1Oc1ccccc1[N+](=O)[O-]. The molecule has 0 fully saturated rings. The van der Waals surface area contributed by atoms with Gasteiger partial charge in [0, 0.05) is 11.6 Å². The summed E-state index contributed by atoms with van der Waals surface area (Å²) in [4.78, 5) is 18.0. The first-order chi connectivity index (χ1) is 8.59. The molecule has 0 atom stereocenters. The van der Waals surface area contributed by atoms with Crippen LogP contribution in [-0.2, 0) is 0 Å². The Morgan fingerprint density at radius 3 is 2.78 bits per heavy atom. The molecule has 0 spiro atoms. The monoisotopic (exact) mass is 265 g/mol. The molecule has 6 nitrogen and oxygen atoms in total. The number of hydrogen-bond donors (Lipinski definition) is 0. The van der Waals surface area contributed by atoms with Crippen molar-refractivity contribution in [1.82, 2.24) is 9.97 Å². The van der Waals surface area contributed by atoms with Gasteiger partial charge in [-0.2, -0.15) is 0 Å². The number of halogens is 1. The molecule has 0 unspecified atom stereocenters. The molecule has 0 saturated carbocycles. The maximum Gasteiger partial charge on any atom is 0.311 e. The predicted molar refractivity (Wildman–Crippen MR) is 64.9 cm³/mol. The molecule has 0 aliphatic carbocycles. The first-order valence-electron chi connectivity index (χ1n) is 4.98. The molecule has 0 saturated heterocycles. The molecule has 0 aliphatic rings. The number of aromatic nitrogens is 2. The van der Waals surface area contributed by atoms with Gasteiger partial charge in [0.15, 0.2) is 0 Å². The van der Waals surface area contributed by atoms with Crippen molar-refractivity contribution in [3.05, 3.63) is 51.4 Å². The first-order valence-corrected chi connectivity index (χ1v) is 5.35. The van der Waals surface area contributed by atoms with Crippen LogP contribution in [0.1, 0.15) is 5.56 Å². The summed E-state index contributed by atoms with van der Waals surface area (Å²) in [6.45, 7) is 1.67. The Kier molecular flexibility index (Phi) is 3.38. The van der Waals surface area contributed by atoms with Gasteiger partial charge in [0.2, 0.25) is 11.6 Å². The van der Waals surface area contributed by atoms with Crippen molar-refractivity contribution in [3.63, 3.8) is 0 Å². The van der Waals surface area contributed by atoms with Gasteiger partial charge in [-0.25, -0.2) is 9.97 Å². The van der Waals surface area contributed by atoms with E-state index in [-0.39, 0.29) is 22.5 Å². The number of para-hydroxylation sites is 2. The highest BCUT2D eigenvalue weighted by Crippen LogP contribution is 2.32. The van der Waals surface area contributed by atoms with E-state index in [0.29, 0.717) is 5.56 Å². The Morgan fingerprint density at radius 1 is 1.33 bits per heavy atom. The van der Waals surface area contributed by atoms with Crippen molar-refractivity contribution in [2.45, 2.75) is 6.92 Å². The minimum absolute atomic E-state index is 0.111. The molecule has 92 valence electrons. The molecular formula is C11H8ClN3O3. The molecule has 0 radical (unpaired) electrons. The van der Waals surface area contributed by atoms with Crippen LogP contribution in [0.2, 0.25) is 5.15 Å². The number of rotatable bonds is 3. The minimum atomic E-state index is -0.520. The number of hydrogen-bond acceptors (Lipinski definition) is 5. The van der Waals surface area contributed by atoms with Crippen molar-refractivity contribution in [3.8, 4) is 11.6 Å². The molecule has 1 heterocycles. The Balaban J connectivity index is 2.40. The van der Waals surface area contributed by atoms with Gasteiger partial charge >= 0.3 is 5.69 Å². The van der Waals surface area contributed by atoms with Gasteiger partial charge in [-0.1, -0.05) is 23.7 Å². The quantitative estimate of drug-likeness (QED) is 0.484. The van der Waals surface area contributed by atoms with Crippen LogP contribution in [0.15, 0.2) is 30.6 Å². The third kappa shape index (κ3) is 2.38. The van der Waals surface area contributed by atoms with Crippen LogP contribution in [0.5, 0.6) is 11.6 Å². The number of nitro groups is 1. The van der Waals surface area contributed by atoms with E-state index in [2.05, 4.69) is 9.97 Å². The van der Waals surface area contributed by atoms with Crippen LogP contribution >= 0.6 is 11.6 Å². The third-order valence-electron chi connectivity index (χ3n) is 2.24. The Morgan fingerprint density at radius 2 is 2.06 bits per heavy atom. The van der Waals surface area contributed by atoms with Crippen LogP contribution in [0.4, 0.5) is 5.69 Å². The van der Waals surface area contributed by atoms with Gasteiger partial charge in [-0.05, 0) is 13.0 Å². The second kappa shape index (κ2) is 4.97. The molecule has 1 aromatic heterocycles. The van der Waals surface area contributed by atoms with Crippen molar-refractivity contribution >= 4 is 17.3 Å². The molecule has 7 heteroatoms. The van der Waals surface area contributed by atoms with E-state index in [1.807, 2.05) is 0 Å². The fourth-order valence-electron chi connectivity index (χ4n) is 1.32. The van der Waals surface area contributed by atoms with Crippen molar-refractivity contribution in [2.75, 3.05) is 0 Å². The standard InChI is InChI=1S/C11H8ClN3O3/c1-7-10(12)13-6-14-11(7)18-9-5-3-2-4-8(9)15(16)17/h2-6H,1H3. The average molecular weight is 266 g/mol. The lowest BCUT2D eigenvalue weighted by atomic mass is 10.3. The molecule has 0 aliphatic heterocycles. The fraction of sp³-hybridized carbons (Fsp3) is 0.0909. The Hall–Kier alpha value is -2.21. The van der Waals surface area contributed by atoms with E-state index < -0.39 is 4.92 Å². The molecule has 0 amide bonds. The summed E-state index contributed by atoms with van der Waals surface area (Å²) >= 11 is 5.82. The predicted octanol–water partition coefficient (Wildman–Crippen LogP) is 3.14. The molecule has 0 N–H and O–H groups in total. The summed E-state index contributed by atoms with van der Waals surface area (Å²) in [5, 5.41) is 11.1. The lowest BCUT2D eigenvalue weighted by molar-refractivity contribution is -0.385. The number of nitro benzene ring substituents is 1. The molecule has 2 aromatic rings. The maximum absolute atomic E-state index is 10.8. The van der Waals surface area contributed by atoms with Crippen molar-refractivity contribution < 1.29 is 9.66 Å². The summed E-state index contributed by atoms with van der Waals surface area (Å²) in [5.41, 5.74) is 0.393. The molecule has 2 rings (SSSR count). The zero-order valence-corrected chi connectivity index (χ0v) is 10.1. The zero-order chi connectivity index (χ0) is 13.1. The molecule has 18 heavy (non-hydrogen) atoms. The number of nitrogens with zero attached hydrogens (tertiary/aromatic N) is 3. The normalized spacial score (nSPS) is 10.1. The van der Waals surface area contributed by atoms with Crippen LogP contribution in [0.25, 0.3) is 0 Å². The Bertz CT molecular complexity index is 604. The van der Waals surface area contributed by atoms with E-state index in [0.717, 1.165) is 0 Å². The van der Waals surface area contributed by atoms with E-state index >= 15 is 0 Å². The minimum Gasteiger partial charge on any atom is -0.431 e. The summed E-state index contributed by atoms with van der Waals surface area (Å²) in [7, 11) is 0. The van der Waals surface area contributed by atoms with Gasteiger partial charge in [0.05, 0.1) is 4.92 Å². The second-order valence-corrected chi connectivity index (χ2v) is 3.78. The van der Waals surface area contributed by atoms with Crippen molar-refractivity contribution in [1.29, 1.82) is 0 Å². The van der Waals surface area contributed by atoms with E-state index in [1.165, 1.54) is 18.5 Å². The van der Waals surface area contributed by atoms with Gasteiger partial charge in [-0.3, -0.25) is 10.1 Å². The number of benzene rings is 1. The van der Waals surface area contributed by atoms with Gasteiger partial charge < -0.3 is 4.74 Å². The summed E-state index contributed by atoms with van der Waals surface area (Å²) in [6.07, 6.45) is 1.24. The summed E-state index contributed by atoms with van der Waals surface area (Å²) in [5.74, 6) is 0.310.